The Bertz CT molecular complexity index is 914. The number of carbonyl (C=O) groups is 3. The lowest BCUT2D eigenvalue weighted by atomic mass is 9.86. The summed E-state index contributed by atoms with van der Waals surface area (Å²) in [4.78, 5) is 42.8. The summed E-state index contributed by atoms with van der Waals surface area (Å²) < 4.78 is 5.50. The maximum absolute atomic E-state index is 14.3. The molecule has 1 aromatic rings. The molecule has 0 saturated heterocycles. The largest absolute Gasteiger partial charge is 0.444 e. The minimum absolute atomic E-state index is 0.0390. The highest BCUT2D eigenvalue weighted by Crippen LogP contribution is 2.35. The second-order valence-electron chi connectivity index (χ2n) is 12.0. The zero-order chi connectivity index (χ0) is 27.2. The molecule has 7 nitrogen and oxygen atoms in total. The third kappa shape index (κ3) is 7.96. The quantitative estimate of drug-likeness (QED) is 0.436. The second-order valence-corrected chi connectivity index (χ2v) is 12.0. The van der Waals surface area contributed by atoms with Crippen molar-refractivity contribution >= 4 is 17.9 Å². The fraction of sp³-hybridized carbons (Fsp3) is 0.700. The minimum Gasteiger partial charge on any atom is -0.444 e. The van der Waals surface area contributed by atoms with Gasteiger partial charge in [-0.3, -0.25) is 9.59 Å². The lowest BCUT2D eigenvalue weighted by Gasteiger charge is -2.44. The first-order valence-electron chi connectivity index (χ1n) is 14.2. The van der Waals surface area contributed by atoms with Crippen molar-refractivity contribution in [2.45, 2.75) is 129 Å². The minimum atomic E-state index is -0.782. The highest BCUT2D eigenvalue weighted by atomic mass is 16.6. The van der Waals surface area contributed by atoms with Gasteiger partial charge in [-0.25, -0.2) is 4.79 Å². The Kier molecular flexibility index (Phi) is 10.0. The summed E-state index contributed by atoms with van der Waals surface area (Å²) in [5.74, 6) is -0.465. The van der Waals surface area contributed by atoms with E-state index in [9.17, 15) is 14.4 Å². The molecule has 3 atom stereocenters. The molecular formula is C30H47N3O4. The van der Waals surface area contributed by atoms with E-state index >= 15 is 0 Å². The molecule has 2 aliphatic carbocycles. The molecule has 3 unspecified atom stereocenters. The summed E-state index contributed by atoms with van der Waals surface area (Å²) in [6.45, 7) is 11.4. The monoisotopic (exact) mass is 513 g/mol. The normalized spacial score (nSPS) is 19.2. The van der Waals surface area contributed by atoms with E-state index in [4.69, 9.17) is 4.74 Å². The van der Waals surface area contributed by atoms with Crippen LogP contribution in [-0.4, -0.2) is 46.5 Å². The van der Waals surface area contributed by atoms with E-state index in [0.717, 1.165) is 56.1 Å². The van der Waals surface area contributed by atoms with Crippen molar-refractivity contribution < 1.29 is 19.1 Å². The third-order valence-corrected chi connectivity index (χ3v) is 7.75. The number of carbonyl (C=O) groups excluding carboxylic acids is 3. The van der Waals surface area contributed by atoms with Gasteiger partial charge in [-0.2, -0.15) is 0 Å². The average Bonchev–Trinajstić information content (AvgIpc) is 2.80. The van der Waals surface area contributed by atoms with E-state index < -0.39 is 23.8 Å². The van der Waals surface area contributed by atoms with Gasteiger partial charge in [0.15, 0.2) is 0 Å². The van der Waals surface area contributed by atoms with Crippen molar-refractivity contribution in [2.75, 3.05) is 0 Å². The fourth-order valence-corrected chi connectivity index (χ4v) is 5.18. The third-order valence-electron chi connectivity index (χ3n) is 7.75. The molecular weight excluding hydrogens is 466 g/mol. The summed E-state index contributed by atoms with van der Waals surface area (Å²) >= 11 is 0. The second kappa shape index (κ2) is 12.8. The zero-order valence-electron chi connectivity index (χ0n) is 23.6. The molecule has 2 saturated carbocycles. The lowest BCUT2D eigenvalue weighted by molar-refractivity contribution is -0.148. The molecule has 0 heterocycles. The van der Waals surface area contributed by atoms with Crippen LogP contribution < -0.4 is 10.6 Å². The first kappa shape index (κ1) is 29.0. The van der Waals surface area contributed by atoms with Crippen LogP contribution in [0.25, 0.3) is 0 Å². The number of nitrogens with zero attached hydrogens (tertiary/aromatic N) is 1. The van der Waals surface area contributed by atoms with Crippen LogP contribution in [-0.2, 0) is 14.3 Å². The van der Waals surface area contributed by atoms with Crippen molar-refractivity contribution in [1.29, 1.82) is 0 Å². The Labute approximate surface area is 223 Å². The van der Waals surface area contributed by atoms with Gasteiger partial charge in [0.25, 0.3) is 0 Å². The number of hydrogen-bond donors (Lipinski definition) is 2. The van der Waals surface area contributed by atoms with Crippen LogP contribution in [0.2, 0.25) is 0 Å². The maximum Gasteiger partial charge on any atom is 0.408 e. The van der Waals surface area contributed by atoms with E-state index in [1.165, 1.54) is 6.42 Å². The molecule has 37 heavy (non-hydrogen) atoms. The van der Waals surface area contributed by atoms with Crippen molar-refractivity contribution in [3.05, 3.63) is 35.4 Å². The van der Waals surface area contributed by atoms with Gasteiger partial charge in [0, 0.05) is 12.1 Å². The number of amides is 3. The number of alkyl carbamates (subject to hydrolysis) is 1. The molecule has 0 aromatic heterocycles. The zero-order valence-corrected chi connectivity index (χ0v) is 23.6. The molecule has 0 aliphatic heterocycles. The smallest absolute Gasteiger partial charge is 0.408 e. The van der Waals surface area contributed by atoms with Crippen molar-refractivity contribution in [1.82, 2.24) is 15.5 Å². The van der Waals surface area contributed by atoms with Gasteiger partial charge in [-0.15, -0.1) is 0 Å². The predicted octanol–water partition coefficient (Wildman–Crippen LogP) is 5.81. The highest BCUT2D eigenvalue weighted by Gasteiger charge is 2.43. The van der Waals surface area contributed by atoms with E-state index in [-0.39, 0.29) is 29.8 Å². The molecule has 2 fully saturated rings. The molecule has 0 bridgehead atoms. The summed E-state index contributed by atoms with van der Waals surface area (Å²) in [6, 6.07) is 6.47. The maximum atomic E-state index is 14.3. The van der Waals surface area contributed by atoms with Gasteiger partial charge in [0.2, 0.25) is 11.8 Å². The van der Waals surface area contributed by atoms with Crippen LogP contribution in [0.4, 0.5) is 4.79 Å². The lowest BCUT2D eigenvalue weighted by Crippen LogP contribution is -2.59. The Balaban J connectivity index is 1.96. The summed E-state index contributed by atoms with van der Waals surface area (Å²) in [7, 11) is 0. The number of hydrogen-bond acceptors (Lipinski definition) is 4. The van der Waals surface area contributed by atoms with Crippen LogP contribution in [0, 0.1) is 12.8 Å². The van der Waals surface area contributed by atoms with Crippen molar-refractivity contribution in [2.24, 2.45) is 5.92 Å². The molecule has 1 aromatic carbocycles. The number of aryl methyl sites for hydroxylation is 1. The summed E-state index contributed by atoms with van der Waals surface area (Å²) in [5, 5.41) is 6.14. The molecule has 2 aliphatic rings. The van der Waals surface area contributed by atoms with Crippen LogP contribution in [0.5, 0.6) is 0 Å². The van der Waals surface area contributed by atoms with E-state index in [2.05, 4.69) is 10.6 Å². The van der Waals surface area contributed by atoms with Gasteiger partial charge < -0.3 is 20.3 Å². The van der Waals surface area contributed by atoms with Gasteiger partial charge in [0.1, 0.15) is 17.7 Å². The molecule has 0 spiro atoms. The van der Waals surface area contributed by atoms with Gasteiger partial charge in [-0.05, 0) is 71.3 Å². The number of rotatable bonds is 9. The Hall–Kier alpha value is -2.57. The van der Waals surface area contributed by atoms with Crippen LogP contribution in [0.3, 0.4) is 0 Å². The fourth-order valence-electron chi connectivity index (χ4n) is 5.18. The van der Waals surface area contributed by atoms with Crippen LogP contribution >= 0.6 is 0 Å². The van der Waals surface area contributed by atoms with Gasteiger partial charge >= 0.3 is 6.09 Å². The number of benzene rings is 1. The Morgan fingerprint density at radius 1 is 1.00 bits per heavy atom. The van der Waals surface area contributed by atoms with Crippen molar-refractivity contribution in [3.63, 3.8) is 0 Å². The first-order chi connectivity index (χ1) is 17.5. The molecule has 206 valence electrons. The highest BCUT2D eigenvalue weighted by molar-refractivity contribution is 5.92. The van der Waals surface area contributed by atoms with E-state index in [1.54, 1.807) is 25.7 Å². The molecule has 7 heteroatoms. The topological polar surface area (TPSA) is 87.7 Å². The van der Waals surface area contributed by atoms with E-state index in [1.807, 2.05) is 45.0 Å². The van der Waals surface area contributed by atoms with Gasteiger partial charge in [-0.1, -0.05) is 69.4 Å². The molecule has 3 rings (SSSR count). The molecule has 3 amide bonds. The summed E-state index contributed by atoms with van der Waals surface area (Å²) in [6.07, 6.45) is 8.18. The average molecular weight is 514 g/mol. The first-order valence-corrected chi connectivity index (χ1v) is 14.2. The Morgan fingerprint density at radius 3 is 2.14 bits per heavy atom. The molecule has 2 N–H and O–H groups in total. The van der Waals surface area contributed by atoms with Crippen LogP contribution in [0.15, 0.2) is 24.3 Å². The summed E-state index contributed by atoms with van der Waals surface area (Å²) in [5.41, 5.74) is 1.23. The van der Waals surface area contributed by atoms with Crippen molar-refractivity contribution in [3.8, 4) is 0 Å². The SMILES string of the molecule is CCC(C)C(NC(=O)OC(C)(C)C)C(=O)N(C1CCC1)C(C(=O)NC1CCCCC1)c1ccc(C)cc1. The standard InChI is InChI=1S/C30H47N3O4/c1-7-21(3)25(32-29(36)37-30(4,5)6)28(35)33(24-14-11-15-24)26(22-18-16-20(2)17-19-22)27(34)31-23-12-9-8-10-13-23/h16-19,21,23-26H,7-15H2,1-6H3,(H,31,34)(H,32,36). The predicted molar refractivity (Wildman–Crippen MR) is 146 cm³/mol. The van der Waals surface area contributed by atoms with Gasteiger partial charge in [0.05, 0.1) is 0 Å². The van der Waals surface area contributed by atoms with Crippen LogP contribution in [0.1, 0.15) is 110 Å². The number of ether oxygens (including phenoxy) is 1. The molecule has 0 radical (unpaired) electrons. The Morgan fingerprint density at radius 2 is 1.62 bits per heavy atom. The number of nitrogens with one attached hydrogen (secondary N) is 2. The van der Waals surface area contributed by atoms with E-state index in [0.29, 0.717) is 6.42 Å².